The molecule has 0 saturated heterocycles. The molecular weight excluding hydrogens is 240 g/mol. The standard InChI is InChI=1S/C12H8O3.C4H8/c13-11-8-10(12(14)15-11)7-6-9-4-2-1-3-5-9;1-4(2)3/h1-8H;1H2,2-3H3. The Morgan fingerprint density at radius 1 is 1.11 bits per heavy atom. The van der Waals surface area contributed by atoms with Crippen molar-refractivity contribution in [1.29, 1.82) is 0 Å². The molecule has 0 radical (unpaired) electrons. The zero-order valence-corrected chi connectivity index (χ0v) is 11.1. The zero-order chi connectivity index (χ0) is 14.3. The number of esters is 2. The first kappa shape index (κ1) is 14.6. The van der Waals surface area contributed by atoms with Crippen LogP contribution in [0.1, 0.15) is 19.4 Å². The van der Waals surface area contributed by atoms with Crippen molar-refractivity contribution in [1.82, 2.24) is 0 Å². The lowest BCUT2D eigenvalue weighted by Gasteiger charge is -1.91. The summed E-state index contributed by atoms with van der Waals surface area (Å²) in [5, 5.41) is 0. The molecule has 0 aromatic heterocycles. The van der Waals surface area contributed by atoms with Gasteiger partial charge in [0.05, 0.1) is 5.57 Å². The van der Waals surface area contributed by atoms with Crippen molar-refractivity contribution in [2.45, 2.75) is 13.8 Å². The maximum Gasteiger partial charge on any atom is 0.346 e. The second kappa shape index (κ2) is 7.11. The molecule has 0 amide bonds. The summed E-state index contributed by atoms with van der Waals surface area (Å²) in [5.41, 5.74) is 2.41. The molecular formula is C16H16O3. The highest BCUT2D eigenvalue weighted by Gasteiger charge is 2.20. The van der Waals surface area contributed by atoms with E-state index in [9.17, 15) is 9.59 Å². The molecule has 0 aliphatic carbocycles. The Kier molecular flexibility index (Phi) is 5.48. The molecule has 0 saturated carbocycles. The predicted octanol–water partition coefficient (Wildman–Crippen LogP) is 3.29. The van der Waals surface area contributed by atoms with Crippen molar-refractivity contribution < 1.29 is 14.3 Å². The van der Waals surface area contributed by atoms with Gasteiger partial charge in [0.25, 0.3) is 0 Å². The first-order valence-electron chi connectivity index (χ1n) is 5.82. The van der Waals surface area contributed by atoms with Gasteiger partial charge in [-0.25, -0.2) is 9.59 Å². The summed E-state index contributed by atoms with van der Waals surface area (Å²) in [6.07, 6.45) is 4.51. The fraction of sp³-hybridized carbons (Fsp3) is 0.125. The summed E-state index contributed by atoms with van der Waals surface area (Å²) in [5.74, 6) is -1.19. The van der Waals surface area contributed by atoms with Crippen molar-refractivity contribution in [3.05, 3.63) is 65.8 Å². The lowest BCUT2D eigenvalue weighted by atomic mass is 10.1. The van der Waals surface area contributed by atoms with Gasteiger partial charge in [-0.3, -0.25) is 0 Å². The number of cyclic esters (lactones) is 2. The SMILES string of the molecule is C=C(C)C.O=C1C=C(C=Cc2ccccc2)C(=O)O1. The smallest absolute Gasteiger partial charge is 0.346 e. The Labute approximate surface area is 112 Å². The lowest BCUT2D eigenvalue weighted by Crippen LogP contribution is -2.00. The van der Waals surface area contributed by atoms with E-state index in [-0.39, 0.29) is 5.57 Å². The largest absolute Gasteiger partial charge is 0.386 e. The van der Waals surface area contributed by atoms with E-state index in [0.717, 1.165) is 5.56 Å². The summed E-state index contributed by atoms with van der Waals surface area (Å²) in [7, 11) is 0. The minimum atomic E-state index is -0.604. The number of hydrogen-bond acceptors (Lipinski definition) is 3. The highest BCUT2D eigenvalue weighted by atomic mass is 16.6. The third-order valence-corrected chi connectivity index (χ3v) is 1.96. The maximum atomic E-state index is 11.0. The van der Waals surface area contributed by atoms with Gasteiger partial charge in [0.2, 0.25) is 0 Å². The van der Waals surface area contributed by atoms with Crippen molar-refractivity contribution in [2.24, 2.45) is 0 Å². The van der Waals surface area contributed by atoms with E-state index < -0.39 is 11.9 Å². The van der Waals surface area contributed by atoms with E-state index in [1.54, 1.807) is 12.2 Å². The van der Waals surface area contributed by atoms with Crippen LogP contribution in [-0.4, -0.2) is 11.9 Å². The van der Waals surface area contributed by atoms with E-state index in [1.807, 2.05) is 44.2 Å². The fourth-order valence-electron chi connectivity index (χ4n) is 1.23. The molecule has 2 rings (SSSR count). The van der Waals surface area contributed by atoms with Gasteiger partial charge in [-0.1, -0.05) is 42.0 Å². The van der Waals surface area contributed by atoms with Crippen LogP contribution in [0.3, 0.4) is 0 Å². The molecule has 3 heteroatoms. The number of carbonyl (C=O) groups is 2. The summed E-state index contributed by atoms with van der Waals surface area (Å²) in [4.78, 5) is 21.8. The van der Waals surface area contributed by atoms with E-state index in [2.05, 4.69) is 11.3 Å². The highest BCUT2D eigenvalue weighted by molar-refractivity contribution is 6.10. The van der Waals surface area contributed by atoms with Crippen LogP contribution >= 0.6 is 0 Å². The first-order chi connectivity index (χ1) is 8.99. The van der Waals surface area contributed by atoms with Crippen LogP contribution in [0.5, 0.6) is 0 Å². The quantitative estimate of drug-likeness (QED) is 0.463. The molecule has 1 aliphatic heterocycles. The lowest BCUT2D eigenvalue weighted by molar-refractivity contribution is -0.150. The van der Waals surface area contributed by atoms with Gasteiger partial charge < -0.3 is 4.74 Å². The van der Waals surface area contributed by atoms with Gasteiger partial charge in [-0.2, -0.15) is 0 Å². The van der Waals surface area contributed by atoms with E-state index in [1.165, 1.54) is 11.6 Å². The molecule has 0 bridgehead atoms. The Morgan fingerprint density at radius 2 is 1.68 bits per heavy atom. The van der Waals surface area contributed by atoms with E-state index >= 15 is 0 Å². The molecule has 0 spiro atoms. The van der Waals surface area contributed by atoms with Gasteiger partial charge in [0.1, 0.15) is 0 Å². The monoisotopic (exact) mass is 256 g/mol. The number of benzene rings is 1. The molecule has 3 nitrogen and oxygen atoms in total. The highest BCUT2D eigenvalue weighted by Crippen LogP contribution is 2.11. The topological polar surface area (TPSA) is 43.4 Å². The first-order valence-corrected chi connectivity index (χ1v) is 5.82. The summed E-state index contributed by atoms with van der Waals surface area (Å²) in [6.45, 7) is 7.50. The molecule has 19 heavy (non-hydrogen) atoms. The average Bonchev–Trinajstić information content (AvgIpc) is 2.66. The van der Waals surface area contributed by atoms with Gasteiger partial charge in [0.15, 0.2) is 0 Å². The van der Waals surface area contributed by atoms with Gasteiger partial charge in [-0.15, -0.1) is 6.58 Å². The van der Waals surface area contributed by atoms with Crippen LogP contribution < -0.4 is 0 Å². The van der Waals surface area contributed by atoms with Crippen LogP contribution in [0.15, 0.2) is 60.2 Å². The van der Waals surface area contributed by atoms with Gasteiger partial charge in [0, 0.05) is 6.08 Å². The number of allylic oxidation sites excluding steroid dienone is 1. The summed E-state index contributed by atoms with van der Waals surface area (Å²) < 4.78 is 4.34. The third-order valence-electron chi connectivity index (χ3n) is 1.96. The van der Waals surface area contributed by atoms with Crippen LogP contribution in [0.25, 0.3) is 6.08 Å². The predicted molar refractivity (Wildman–Crippen MR) is 75.1 cm³/mol. The molecule has 1 heterocycles. The molecule has 0 unspecified atom stereocenters. The second-order valence-corrected chi connectivity index (χ2v) is 4.26. The van der Waals surface area contributed by atoms with Crippen LogP contribution in [0, 0.1) is 0 Å². The fourth-order valence-corrected chi connectivity index (χ4v) is 1.23. The zero-order valence-electron chi connectivity index (χ0n) is 11.1. The summed E-state index contributed by atoms with van der Waals surface area (Å²) in [6, 6.07) is 9.50. The van der Waals surface area contributed by atoms with Crippen molar-refractivity contribution >= 4 is 18.0 Å². The summed E-state index contributed by atoms with van der Waals surface area (Å²) >= 11 is 0. The van der Waals surface area contributed by atoms with E-state index in [0.29, 0.717) is 0 Å². The minimum absolute atomic E-state index is 0.281. The maximum absolute atomic E-state index is 11.0. The molecule has 1 aromatic rings. The van der Waals surface area contributed by atoms with Gasteiger partial charge in [-0.05, 0) is 25.5 Å². The van der Waals surface area contributed by atoms with Gasteiger partial charge >= 0.3 is 11.9 Å². The number of rotatable bonds is 2. The second-order valence-electron chi connectivity index (χ2n) is 4.26. The Morgan fingerprint density at radius 3 is 2.16 bits per heavy atom. The minimum Gasteiger partial charge on any atom is -0.386 e. The number of carbonyl (C=O) groups excluding carboxylic acids is 2. The van der Waals surface area contributed by atoms with Crippen molar-refractivity contribution in [2.75, 3.05) is 0 Å². The Bertz CT molecular complexity index is 532. The number of ether oxygens (including phenoxy) is 1. The van der Waals surface area contributed by atoms with E-state index in [4.69, 9.17) is 0 Å². The molecule has 0 fully saturated rings. The average molecular weight is 256 g/mol. The number of hydrogen-bond donors (Lipinski definition) is 0. The van der Waals surface area contributed by atoms with Crippen molar-refractivity contribution in [3.8, 4) is 0 Å². The van der Waals surface area contributed by atoms with Crippen LogP contribution in [0.2, 0.25) is 0 Å². The molecule has 0 N–H and O–H groups in total. The molecule has 1 aromatic carbocycles. The Hall–Kier alpha value is -2.42. The molecule has 1 aliphatic rings. The molecule has 0 atom stereocenters. The molecule has 98 valence electrons. The van der Waals surface area contributed by atoms with Crippen LogP contribution in [-0.2, 0) is 14.3 Å². The van der Waals surface area contributed by atoms with Crippen LogP contribution in [0.4, 0.5) is 0 Å². The Balaban J connectivity index is 0.000000399. The third kappa shape index (κ3) is 5.64. The van der Waals surface area contributed by atoms with Crippen molar-refractivity contribution in [3.63, 3.8) is 0 Å². The normalized spacial score (nSPS) is 13.7.